The van der Waals surface area contributed by atoms with Gasteiger partial charge < -0.3 is 9.84 Å². The molecule has 0 spiro atoms. The molecule has 3 aromatic carbocycles. The fourth-order valence-corrected chi connectivity index (χ4v) is 3.62. The van der Waals surface area contributed by atoms with Gasteiger partial charge in [-0.2, -0.15) is 0 Å². The predicted molar refractivity (Wildman–Crippen MR) is 109 cm³/mol. The summed E-state index contributed by atoms with van der Waals surface area (Å²) < 4.78 is 7.03. The summed E-state index contributed by atoms with van der Waals surface area (Å²) in [7, 11) is 0. The molecule has 7 nitrogen and oxygen atoms in total. The van der Waals surface area contributed by atoms with Crippen LogP contribution >= 0.6 is 0 Å². The third-order valence-electron chi connectivity index (χ3n) is 5.02. The summed E-state index contributed by atoms with van der Waals surface area (Å²) in [4.78, 5) is 24.6. The van der Waals surface area contributed by atoms with Crippen molar-refractivity contribution in [1.82, 2.24) is 4.57 Å². The van der Waals surface area contributed by atoms with Crippen LogP contribution in [0.3, 0.4) is 0 Å². The third-order valence-corrected chi connectivity index (χ3v) is 5.02. The maximum atomic E-state index is 12.3. The number of hydrogen-bond acceptors (Lipinski definition) is 5. The fourth-order valence-electron chi connectivity index (χ4n) is 3.62. The maximum Gasteiger partial charge on any atom is 0.340 e. The van der Waals surface area contributed by atoms with Crippen LogP contribution < -0.4 is 0 Å². The summed E-state index contributed by atoms with van der Waals surface area (Å²) in [5, 5.41) is 19.4. The Bertz CT molecular complexity index is 1330. The number of para-hydroxylation sites is 1. The Morgan fingerprint density at radius 3 is 2.47 bits per heavy atom. The molecule has 0 unspecified atom stereocenters. The lowest BCUT2D eigenvalue weighted by molar-refractivity contribution is 0.0318. The smallest absolute Gasteiger partial charge is 0.340 e. The number of aromatic hydroxyl groups is 1. The van der Waals surface area contributed by atoms with E-state index in [1.54, 1.807) is 78.9 Å². The van der Waals surface area contributed by atoms with Gasteiger partial charge in [0.25, 0.3) is 5.91 Å². The number of rotatable bonds is 3. The van der Waals surface area contributed by atoms with Crippen molar-refractivity contribution in [2.45, 2.75) is 6.23 Å². The van der Waals surface area contributed by atoms with Gasteiger partial charge in [0.1, 0.15) is 0 Å². The number of aromatic nitrogens is 1. The first-order chi connectivity index (χ1) is 14.6. The average Bonchev–Trinajstić information content (AvgIpc) is 3.26. The van der Waals surface area contributed by atoms with Gasteiger partial charge in [-0.05, 0) is 24.3 Å². The molecule has 30 heavy (non-hydrogen) atoms. The SMILES string of the molecule is O=C(N=Nc1c(O)n([C@@H]2OC(=O)c3ccccc32)c2ccccc12)c1ccccc1. The van der Waals surface area contributed by atoms with Crippen LogP contribution in [0.15, 0.2) is 89.1 Å². The molecule has 2 heterocycles. The lowest BCUT2D eigenvalue weighted by Crippen LogP contribution is -2.09. The minimum Gasteiger partial charge on any atom is -0.493 e. The molecule has 1 amide bonds. The first-order valence-corrected chi connectivity index (χ1v) is 9.28. The molecular weight excluding hydrogens is 382 g/mol. The topological polar surface area (TPSA) is 93.2 Å². The number of hydrogen-bond donors (Lipinski definition) is 1. The van der Waals surface area contributed by atoms with Crippen LogP contribution in [0.25, 0.3) is 10.9 Å². The van der Waals surface area contributed by atoms with Crippen molar-refractivity contribution in [1.29, 1.82) is 0 Å². The van der Waals surface area contributed by atoms with Gasteiger partial charge in [-0.1, -0.05) is 54.6 Å². The zero-order chi connectivity index (χ0) is 20.7. The minimum atomic E-state index is -0.840. The van der Waals surface area contributed by atoms with Crippen LogP contribution in [-0.4, -0.2) is 21.6 Å². The molecule has 146 valence electrons. The lowest BCUT2D eigenvalue weighted by atomic mass is 10.1. The average molecular weight is 397 g/mol. The van der Waals surface area contributed by atoms with E-state index < -0.39 is 18.1 Å². The van der Waals surface area contributed by atoms with E-state index in [0.29, 0.717) is 27.6 Å². The van der Waals surface area contributed by atoms with Crippen LogP contribution in [0, 0.1) is 0 Å². The Hall–Kier alpha value is -4.26. The van der Waals surface area contributed by atoms with E-state index in [-0.39, 0.29) is 11.6 Å². The summed E-state index contributed by atoms with van der Waals surface area (Å²) in [6, 6.07) is 22.7. The Kier molecular flexibility index (Phi) is 4.14. The summed E-state index contributed by atoms with van der Waals surface area (Å²) in [5.74, 6) is -1.23. The highest BCUT2D eigenvalue weighted by atomic mass is 16.6. The quantitative estimate of drug-likeness (QED) is 0.389. The number of carbonyl (C=O) groups excluding carboxylic acids is 2. The Morgan fingerprint density at radius 2 is 1.63 bits per heavy atom. The second-order valence-corrected chi connectivity index (χ2v) is 6.78. The molecule has 1 aromatic heterocycles. The van der Waals surface area contributed by atoms with Gasteiger partial charge in [0.15, 0.2) is 5.69 Å². The number of fused-ring (bicyclic) bond motifs is 2. The molecule has 1 atom stereocenters. The summed E-state index contributed by atoms with van der Waals surface area (Å²) in [6.45, 7) is 0. The van der Waals surface area contributed by atoms with E-state index in [2.05, 4.69) is 10.2 Å². The van der Waals surface area contributed by atoms with Gasteiger partial charge >= 0.3 is 5.97 Å². The highest BCUT2D eigenvalue weighted by Crippen LogP contribution is 2.44. The first kappa shape index (κ1) is 17.8. The molecule has 0 saturated heterocycles. The minimum absolute atomic E-state index is 0.135. The fraction of sp³-hybridized carbons (Fsp3) is 0.0435. The van der Waals surface area contributed by atoms with Crippen LogP contribution in [0.4, 0.5) is 5.69 Å². The molecule has 1 aliphatic rings. The Labute approximate surface area is 170 Å². The first-order valence-electron chi connectivity index (χ1n) is 9.28. The van der Waals surface area contributed by atoms with Crippen molar-refractivity contribution in [2.24, 2.45) is 10.2 Å². The molecule has 1 N–H and O–H groups in total. The highest BCUT2D eigenvalue weighted by Gasteiger charge is 2.35. The molecule has 0 fully saturated rings. The highest BCUT2D eigenvalue weighted by molar-refractivity contribution is 5.98. The maximum absolute atomic E-state index is 12.3. The zero-order valence-corrected chi connectivity index (χ0v) is 15.6. The number of carbonyl (C=O) groups is 2. The lowest BCUT2D eigenvalue weighted by Gasteiger charge is -2.15. The Balaban J connectivity index is 1.62. The predicted octanol–water partition coefficient (Wildman–Crippen LogP) is 4.99. The van der Waals surface area contributed by atoms with E-state index in [0.717, 1.165) is 0 Å². The normalized spacial score (nSPS) is 15.5. The third kappa shape index (κ3) is 2.76. The molecule has 5 rings (SSSR count). The van der Waals surface area contributed by atoms with Crippen LogP contribution in [0.1, 0.15) is 32.5 Å². The number of benzene rings is 3. The van der Waals surface area contributed by atoms with Gasteiger partial charge in [-0.3, -0.25) is 9.36 Å². The van der Waals surface area contributed by atoms with Gasteiger partial charge in [0, 0.05) is 16.5 Å². The number of esters is 1. The standard InChI is InChI=1S/C23H15N3O4/c27-20(14-8-2-1-3-9-14)25-24-19-17-12-6-7-13-18(17)26(21(19)28)22-15-10-4-5-11-16(15)23(29)30-22/h1-13,22,28H/t22-/m1/s1. The van der Waals surface area contributed by atoms with Crippen molar-refractivity contribution in [3.05, 3.63) is 95.6 Å². The monoisotopic (exact) mass is 397 g/mol. The van der Waals surface area contributed by atoms with E-state index in [1.807, 2.05) is 0 Å². The van der Waals surface area contributed by atoms with E-state index >= 15 is 0 Å². The number of ether oxygens (including phenoxy) is 1. The van der Waals surface area contributed by atoms with Gasteiger partial charge in [0.05, 0.1) is 11.1 Å². The van der Waals surface area contributed by atoms with E-state index in [4.69, 9.17) is 4.74 Å². The molecule has 4 aromatic rings. The second kappa shape index (κ2) is 6.97. The number of azo groups is 1. The summed E-state index contributed by atoms with van der Waals surface area (Å²) in [5.41, 5.74) is 2.22. The molecule has 0 saturated carbocycles. The molecule has 7 heteroatoms. The molecule has 0 radical (unpaired) electrons. The van der Waals surface area contributed by atoms with Crippen molar-refractivity contribution < 1.29 is 19.4 Å². The summed E-state index contributed by atoms with van der Waals surface area (Å²) in [6.07, 6.45) is -0.840. The van der Waals surface area contributed by atoms with Crippen LogP contribution in [0.5, 0.6) is 5.88 Å². The van der Waals surface area contributed by atoms with Crippen LogP contribution in [0.2, 0.25) is 0 Å². The van der Waals surface area contributed by atoms with E-state index in [9.17, 15) is 14.7 Å². The molecule has 0 aliphatic carbocycles. The van der Waals surface area contributed by atoms with Crippen molar-refractivity contribution >= 4 is 28.5 Å². The summed E-state index contributed by atoms with van der Waals surface area (Å²) >= 11 is 0. The van der Waals surface area contributed by atoms with Crippen molar-refractivity contribution in [2.75, 3.05) is 0 Å². The molecular formula is C23H15N3O4. The van der Waals surface area contributed by atoms with Crippen LogP contribution in [-0.2, 0) is 4.74 Å². The molecule has 0 bridgehead atoms. The number of amides is 1. The number of cyclic esters (lactones) is 1. The second-order valence-electron chi connectivity index (χ2n) is 6.78. The van der Waals surface area contributed by atoms with Crippen molar-refractivity contribution in [3.63, 3.8) is 0 Å². The largest absolute Gasteiger partial charge is 0.493 e. The van der Waals surface area contributed by atoms with Gasteiger partial charge in [-0.15, -0.1) is 10.2 Å². The molecule has 1 aliphatic heterocycles. The van der Waals surface area contributed by atoms with Gasteiger partial charge in [-0.25, -0.2) is 4.79 Å². The van der Waals surface area contributed by atoms with Crippen molar-refractivity contribution in [3.8, 4) is 5.88 Å². The van der Waals surface area contributed by atoms with Gasteiger partial charge in [0.2, 0.25) is 12.1 Å². The van der Waals surface area contributed by atoms with E-state index in [1.165, 1.54) is 4.57 Å². The zero-order valence-electron chi connectivity index (χ0n) is 15.6. The Morgan fingerprint density at radius 1 is 0.933 bits per heavy atom. The number of nitrogens with zero attached hydrogens (tertiary/aromatic N) is 3.